The van der Waals surface area contributed by atoms with Gasteiger partial charge in [0.25, 0.3) is 0 Å². The van der Waals surface area contributed by atoms with E-state index in [0.717, 1.165) is 24.5 Å². The summed E-state index contributed by atoms with van der Waals surface area (Å²) in [7, 11) is 0. The number of rotatable bonds is 4. The molecule has 0 amide bonds. The molecule has 2 rings (SSSR count). The second kappa shape index (κ2) is 4.25. The number of nitrogens with two attached hydrogens (primary N) is 1. The van der Waals surface area contributed by atoms with E-state index < -0.39 is 0 Å². The maximum absolute atomic E-state index is 5.61. The Bertz CT molecular complexity index is 470. The maximum Gasteiger partial charge on any atom is 0.172 e. The summed E-state index contributed by atoms with van der Waals surface area (Å²) in [5.74, 6) is 1.20. The molecule has 0 saturated heterocycles. The molecule has 8 nitrogen and oxygen atoms in total. The zero-order chi connectivity index (χ0) is 11.5. The molecule has 2 aromatic rings. The third-order valence-electron chi connectivity index (χ3n) is 2.35. The highest BCUT2D eigenvalue weighted by Crippen LogP contribution is 2.06. The molecule has 0 fully saturated rings. The van der Waals surface area contributed by atoms with Crippen molar-refractivity contribution in [2.45, 2.75) is 33.4 Å². The van der Waals surface area contributed by atoms with Crippen LogP contribution in [-0.2, 0) is 13.1 Å². The normalized spacial score (nSPS) is 10.9. The van der Waals surface area contributed by atoms with Gasteiger partial charge >= 0.3 is 0 Å². The van der Waals surface area contributed by atoms with Crippen molar-refractivity contribution >= 4 is 5.82 Å². The molecule has 0 aliphatic heterocycles. The lowest BCUT2D eigenvalue weighted by atomic mass is 10.4. The van der Waals surface area contributed by atoms with Crippen LogP contribution in [0.2, 0.25) is 0 Å². The predicted octanol–water partition coefficient (Wildman–Crippen LogP) is -0.386. The van der Waals surface area contributed by atoms with Crippen molar-refractivity contribution in [2.24, 2.45) is 0 Å². The van der Waals surface area contributed by atoms with Crippen molar-refractivity contribution in [1.82, 2.24) is 35.2 Å². The Kier molecular flexibility index (Phi) is 2.80. The van der Waals surface area contributed by atoms with Gasteiger partial charge in [-0.05, 0) is 23.8 Å². The number of nitrogens with zero attached hydrogens (tertiary/aromatic N) is 7. The topological polar surface area (TPSA) is 100 Å². The molecule has 2 aromatic heterocycles. The molecule has 0 saturated carbocycles. The Morgan fingerprint density at radius 2 is 2.00 bits per heavy atom. The Morgan fingerprint density at radius 1 is 1.19 bits per heavy atom. The van der Waals surface area contributed by atoms with Crippen molar-refractivity contribution in [1.29, 1.82) is 0 Å². The summed E-state index contributed by atoms with van der Waals surface area (Å²) in [5.41, 5.74) is 6.44. The molecule has 8 heteroatoms. The van der Waals surface area contributed by atoms with Crippen LogP contribution in [0.1, 0.15) is 24.9 Å². The van der Waals surface area contributed by atoms with Crippen LogP contribution in [0.15, 0.2) is 0 Å². The molecule has 0 spiro atoms. The Labute approximate surface area is 92.4 Å². The highest BCUT2D eigenvalue weighted by atomic mass is 15.6. The van der Waals surface area contributed by atoms with Crippen molar-refractivity contribution in [3.05, 3.63) is 11.5 Å². The molecule has 0 aliphatic rings. The number of hydrogen-bond acceptors (Lipinski definition) is 6. The molecule has 16 heavy (non-hydrogen) atoms. The van der Waals surface area contributed by atoms with Crippen LogP contribution in [0, 0.1) is 6.92 Å². The van der Waals surface area contributed by atoms with Crippen LogP contribution < -0.4 is 5.73 Å². The van der Waals surface area contributed by atoms with Crippen molar-refractivity contribution < 1.29 is 0 Å². The van der Waals surface area contributed by atoms with Gasteiger partial charge in [-0.15, -0.1) is 10.2 Å². The van der Waals surface area contributed by atoms with E-state index in [0.29, 0.717) is 12.4 Å². The number of anilines is 1. The second-order valence-electron chi connectivity index (χ2n) is 3.54. The van der Waals surface area contributed by atoms with Crippen LogP contribution in [0.5, 0.6) is 0 Å². The van der Waals surface area contributed by atoms with Gasteiger partial charge in [0.2, 0.25) is 0 Å². The van der Waals surface area contributed by atoms with Crippen LogP contribution in [0.25, 0.3) is 0 Å². The summed E-state index contributed by atoms with van der Waals surface area (Å²) >= 11 is 0. The smallest absolute Gasteiger partial charge is 0.172 e. The molecule has 2 heterocycles. The van der Waals surface area contributed by atoms with Gasteiger partial charge < -0.3 is 5.73 Å². The fourth-order valence-electron chi connectivity index (χ4n) is 1.38. The van der Waals surface area contributed by atoms with E-state index in [-0.39, 0.29) is 0 Å². The van der Waals surface area contributed by atoms with Crippen molar-refractivity contribution in [2.75, 3.05) is 5.73 Å². The van der Waals surface area contributed by atoms with Gasteiger partial charge in [0.1, 0.15) is 6.54 Å². The summed E-state index contributed by atoms with van der Waals surface area (Å²) in [6, 6.07) is 0. The van der Waals surface area contributed by atoms with Gasteiger partial charge in [-0.25, -0.2) is 9.36 Å². The summed E-state index contributed by atoms with van der Waals surface area (Å²) in [4.78, 5) is 0. The maximum atomic E-state index is 5.61. The molecule has 0 bridgehead atoms. The van der Waals surface area contributed by atoms with Crippen molar-refractivity contribution in [3.63, 3.8) is 0 Å². The monoisotopic (exact) mass is 222 g/mol. The number of nitrogen functional groups attached to an aromatic ring is 1. The quantitative estimate of drug-likeness (QED) is 0.756. The van der Waals surface area contributed by atoms with Gasteiger partial charge in [-0.2, -0.15) is 0 Å². The number of aryl methyl sites for hydroxylation is 1. The van der Waals surface area contributed by atoms with Crippen LogP contribution >= 0.6 is 0 Å². The van der Waals surface area contributed by atoms with Gasteiger partial charge in [0.15, 0.2) is 11.6 Å². The average molecular weight is 222 g/mol. The summed E-state index contributed by atoms with van der Waals surface area (Å²) in [6.07, 6.45) is 0.983. The van der Waals surface area contributed by atoms with E-state index in [1.54, 1.807) is 9.36 Å². The van der Waals surface area contributed by atoms with Gasteiger partial charge in [-0.3, -0.25) is 0 Å². The second-order valence-corrected chi connectivity index (χ2v) is 3.54. The molecule has 0 unspecified atom stereocenters. The fourth-order valence-corrected chi connectivity index (χ4v) is 1.38. The minimum absolute atomic E-state index is 0.439. The van der Waals surface area contributed by atoms with Gasteiger partial charge in [0.05, 0.1) is 5.69 Å². The average Bonchev–Trinajstić information content (AvgIpc) is 2.82. The molecular formula is C8H14N8. The predicted molar refractivity (Wildman–Crippen MR) is 56.4 cm³/mol. The van der Waals surface area contributed by atoms with E-state index in [2.05, 4.69) is 32.8 Å². The summed E-state index contributed by atoms with van der Waals surface area (Å²) < 4.78 is 3.45. The lowest BCUT2D eigenvalue weighted by molar-refractivity contribution is 0.522. The molecule has 0 aromatic carbocycles. The van der Waals surface area contributed by atoms with E-state index in [1.165, 1.54) is 0 Å². The number of hydrogen-bond donors (Lipinski definition) is 1. The third kappa shape index (κ3) is 1.86. The van der Waals surface area contributed by atoms with Gasteiger partial charge in [0, 0.05) is 6.54 Å². The highest BCUT2D eigenvalue weighted by Gasteiger charge is 2.10. The zero-order valence-corrected chi connectivity index (χ0v) is 9.33. The lowest BCUT2D eigenvalue weighted by Crippen LogP contribution is -2.12. The highest BCUT2D eigenvalue weighted by molar-refractivity contribution is 5.31. The van der Waals surface area contributed by atoms with Crippen LogP contribution in [-0.4, -0.2) is 35.2 Å². The first-order valence-corrected chi connectivity index (χ1v) is 5.13. The van der Waals surface area contributed by atoms with Crippen LogP contribution in [0.4, 0.5) is 5.82 Å². The van der Waals surface area contributed by atoms with E-state index in [9.17, 15) is 0 Å². The SMILES string of the molecule is CCCn1nnnc1Cn1nnc(N)c1C. The standard InChI is InChI=1S/C8H14N8/c1-3-4-15-7(10-12-14-15)5-16-6(2)8(9)11-13-16/h3-5,9H2,1-2H3. The first-order chi connectivity index (χ1) is 7.72. The Hall–Kier alpha value is -1.99. The molecular weight excluding hydrogens is 208 g/mol. The third-order valence-corrected chi connectivity index (χ3v) is 2.35. The number of tetrazole rings is 1. The molecule has 0 radical (unpaired) electrons. The fraction of sp³-hybridized carbons (Fsp3) is 0.625. The van der Waals surface area contributed by atoms with E-state index >= 15 is 0 Å². The number of aromatic nitrogens is 7. The summed E-state index contributed by atoms with van der Waals surface area (Å²) in [5, 5.41) is 19.2. The largest absolute Gasteiger partial charge is 0.381 e. The molecule has 0 atom stereocenters. The minimum atomic E-state index is 0.439. The molecule has 2 N–H and O–H groups in total. The molecule has 0 aliphatic carbocycles. The summed E-state index contributed by atoms with van der Waals surface area (Å²) in [6.45, 7) is 5.22. The van der Waals surface area contributed by atoms with Gasteiger partial charge in [-0.1, -0.05) is 12.1 Å². The Morgan fingerprint density at radius 3 is 2.62 bits per heavy atom. The minimum Gasteiger partial charge on any atom is -0.381 e. The van der Waals surface area contributed by atoms with Crippen LogP contribution in [0.3, 0.4) is 0 Å². The van der Waals surface area contributed by atoms with E-state index in [1.807, 2.05) is 6.92 Å². The molecule has 86 valence electrons. The zero-order valence-electron chi connectivity index (χ0n) is 9.33. The van der Waals surface area contributed by atoms with E-state index in [4.69, 9.17) is 5.73 Å². The first kappa shape index (κ1) is 10.5. The lowest BCUT2D eigenvalue weighted by Gasteiger charge is -2.03. The van der Waals surface area contributed by atoms with Crippen molar-refractivity contribution in [3.8, 4) is 0 Å². The first-order valence-electron chi connectivity index (χ1n) is 5.13. The Balaban J connectivity index is 2.20.